The van der Waals surface area contributed by atoms with Crippen molar-refractivity contribution < 1.29 is 9.53 Å². The standard InChI is InChI=1S/C13H12ClNO2/c1-7-11-9(5-4-6-10(11)17-3)12(8(2)16)15-13(7)14/h4-6H,1-3H3. The van der Waals surface area contributed by atoms with E-state index in [9.17, 15) is 4.79 Å². The number of carbonyl (C=O) groups excluding carboxylic acids is 1. The molecule has 0 atom stereocenters. The number of hydrogen-bond donors (Lipinski definition) is 0. The maximum absolute atomic E-state index is 11.6. The van der Waals surface area contributed by atoms with Gasteiger partial charge in [0.1, 0.15) is 16.6 Å². The van der Waals surface area contributed by atoms with E-state index in [0.29, 0.717) is 16.6 Å². The Kier molecular flexibility index (Phi) is 3.03. The van der Waals surface area contributed by atoms with Crippen LogP contribution in [0.5, 0.6) is 5.75 Å². The first-order valence-electron chi connectivity index (χ1n) is 5.20. The predicted molar refractivity (Wildman–Crippen MR) is 68.0 cm³/mol. The van der Waals surface area contributed by atoms with Crippen molar-refractivity contribution in [2.45, 2.75) is 13.8 Å². The molecule has 0 aliphatic rings. The van der Waals surface area contributed by atoms with Gasteiger partial charge in [0.05, 0.1) is 7.11 Å². The van der Waals surface area contributed by atoms with Crippen molar-refractivity contribution in [3.05, 3.63) is 34.6 Å². The first kappa shape index (κ1) is 11.9. The molecule has 88 valence electrons. The van der Waals surface area contributed by atoms with Crippen LogP contribution in [0.3, 0.4) is 0 Å². The summed E-state index contributed by atoms with van der Waals surface area (Å²) < 4.78 is 5.30. The molecule has 0 bridgehead atoms. The summed E-state index contributed by atoms with van der Waals surface area (Å²) in [4.78, 5) is 15.7. The molecule has 2 aromatic rings. The smallest absolute Gasteiger partial charge is 0.178 e. The first-order valence-corrected chi connectivity index (χ1v) is 5.57. The highest BCUT2D eigenvalue weighted by molar-refractivity contribution is 6.31. The summed E-state index contributed by atoms with van der Waals surface area (Å²) in [5.41, 5.74) is 1.21. The van der Waals surface area contributed by atoms with Crippen LogP contribution in [0.2, 0.25) is 5.15 Å². The van der Waals surface area contributed by atoms with Crippen molar-refractivity contribution in [1.82, 2.24) is 4.98 Å². The third-order valence-corrected chi connectivity index (χ3v) is 3.10. The summed E-state index contributed by atoms with van der Waals surface area (Å²) in [5.74, 6) is 0.594. The second-order valence-electron chi connectivity index (χ2n) is 3.82. The molecule has 2 rings (SSSR count). The van der Waals surface area contributed by atoms with Gasteiger partial charge in [-0.25, -0.2) is 4.98 Å². The number of methoxy groups -OCH3 is 1. The number of fused-ring (bicyclic) bond motifs is 1. The molecule has 0 unspecified atom stereocenters. The maximum atomic E-state index is 11.6. The Hall–Kier alpha value is -1.61. The number of carbonyl (C=O) groups is 1. The van der Waals surface area contributed by atoms with Crippen LogP contribution in [0.1, 0.15) is 23.0 Å². The molecule has 17 heavy (non-hydrogen) atoms. The summed E-state index contributed by atoms with van der Waals surface area (Å²) in [6.45, 7) is 3.34. The van der Waals surface area contributed by atoms with Crippen molar-refractivity contribution in [3.8, 4) is 5.75 Å². The largest absolute Gasteiger partial charge is 0.496 e. The molecular formula is C13H12ClNO2. The minimum absolute atomic E-state index is 0.106. The SMILES string of the molecule is COc1cccc2c(C(C)=O)nc(Cl)c(C)c12. The van der Waals surface area contributed by atoms with E-state index in [1.807, 2.05) is 25.1 Å². The minimum atomic E-state index is -0.106. The van der Waals surface area contributed by atoms with E-state index in [1.54, 1.807) is 7.11 Å². The van der Waals surface area contributed by atoms with Gasteiger partial charge in [0.2, 0.25) is 0 Å². The van der Waals surface area contributed by atoms with Gasteiger partial charge in [-0.05, 0) is 18.6 Å². The molecule has 4 heteroatoms. The van der Waals surface area contributed by atoms with Gasteiger partial charge in [-0.3, -0.25) is 4.79 Å². The molecule has 0 aliphatic heterocycles. The van der Waals surface area contributed by atoms with Crippen molar-refractivity contribution in [1.29, 1.82) is 0 Å². The lowest BCUT2D eigenvalue weighted by atomic mass is 10.0. The lowest BCUT2D eigenvalue weighted by molar-refractivity contribution is 0.101. The Balaban J connectivity index is 2.98. The summed E-state index contributed by atoms with van der Waals surface area (Å²) >= 11 is 6.05. The van der Waals surface area contributed by atoms with Crippen LogP contribution in [0, 0.1) is 6.92 Å². The quantitative estimate of drug-likeness (QED) is 0.605. The number of ketones is 1. The van der Waals surface area contributed by atoms with Crippen LogP contribution in [-0.4, -0.2) is 17.9 Å². The Morgan fingerprint density at radius 1 is 1.41 bits per heavy atom. The fourth-order valence-electron chi connectivity index (χ4n) is 1.90. The Morgan fingerprint density at radius 3 is 2.71 bits per heavy atom. The minimum Gasteiger partial charge on any atom is -0.496 e. The Bertz CT molecular complexity index is 608. The molecule has 1 aromatic heterocycles. The molecule has 0 aliphatic carbocycles. The molecule has 0 radical (unpaired) electrons. The third-order valence-electron chi connectivity index (χ3n) is 2.73. The van der Waals surface area contributed by atoms with Crippen molar-refractivity contribution >= 4 is 28.2 Å². The monoisotopic (exact) mass is 249 g/mol. The average Bonchev–Trinajstić information content (AvgIpc) is 2.32. The molecule has 0 N–H and O–H groups in total. The van der Waals surface area contributed by atoms with E-state index in [-0.39, 0.29) is 5.78 Å². The van der Waals surface area contributed by atoms with Crippen LogP contribution in [-0.2, 0) is 0 Å². The zero-order valence-corrected chi connectivity index (χ0v) is 10.6. The van der Waals surface area contributed by atoms with Gasteiger partial charge in [0, 0.05) is 17.7 Å². The summed E-state index contributed by atoms with van der Waals surface area (Å²) in [7, 11) is 1.59. The first-order chi connectivity index (χ1) is 8.06. The Labute approximate surface area is 104 Å². The van der Waals surface area contributed by atoms with Crippen LogP contribution in [0.15, 0.2) is 18.2 Å². The van der Waals surface area contributed by atoms with E-state index in [1.165, 1.54) is 6.92 Å². The zero-order valence-electron chi connectivity index (χ0n) is 9.87. The molecule has 0 saturated heterocycles. The Morgan fingerprint density at radius 2 is 2.12 bits per heavy atom. The highest BCUT2D eigenvalue weighted by Gasteiger charge is 2.15. The van der Waals surface area contributed by atoms with Crippen LogP contribution < -0.4 is 4.74 Å². The number of halogens is 1. The molecule has 1 heterocycles. The molecule has 0 amide bonds. The molecular weight excluding hydrogens is 238 g/mol. The second-order valence-corrected chi connectivity index (χ2v) is 4.17. The number of Topliss-reactive ketones (excluding diaryl/α,β-unsaturated/α-hetero) is 1. The lowest BCUT2D eigenvalue weighted by Crippen LogP contribution is -2.01. The van der Waals surface area contributed by atoms with Gasteiger partial charge < -0.3 is 4.74 Å². The number of rotatable bonds is 2. The number of ether oxygens (including phenoxy) is 1. The topological polar surface area (TPSA) is 39.2 Å². The van der Waals surface area contributed by atoms with E-state index >= 15 is 0 Å². The summed E-state index contributed by atoms with van der Waals surface area (Å²) in [5, 5.41) is 1.96. The molecule has 0 fully saturated rings. The molecule has 0 saturated carbocycles. The highest BCUT2D eigenvalue weighted by atomic mass is 35.5. The molecule has 1 aromatic carbocycles. The normalized spacial score (nSPS) is 10.6. The van der Waals surface area contributed by atoms with Gasteiger partial charge in [0.15, 0.2) is 5.78 Å². The van der Waals surface area contributed by atoms with E-state index in [2.05, 4.69) is 4.98 Å². The number of pyridine rings is 1. The number of hydrogen-bond acceptors (Lipinski definition) is 3. The summed E-state index contributed by atoms with van der Waals surface area (Å²) in [6.07, 6.45) is 0. The van der Waals surface area contributed by atoms with Gasteiger partial charge in [0.25, 0.3) is 0 Å². The van der Waals surface area contributed by atoms with E-state index in [4.69, 9.17) is 16.3 Å². The van der Waals surface area contributed by atoms with E-state index < -0.39 is 0 Å². The van der Waals surface area contributed by atoms with Gasteiger partial charge >= 0.3 is 0 Å². The van der Waals surface area contributed by atoms with Crippen molar-refractivity contribution in [2.75, 3.05) is 7.11 Å². The number of nitrogens with zero attached hydrogens (tertiary/aromatic N) is 1. The number of benzene rings is 1. The van der Waals surface area contributed by atoms with E-state index in [0.717, 1.165) is 16.3 Å². The van der Waals surface area contributed by atoms with Crippen molar-refractivity contribution in [3.63, 3.8) is 0 Å². The van der Waals surface area contributed by atoms with Gasteiger partial charge in [-0.1, -0.05) is 23.7 Å². The summed E-state index contributed by atoms with van der Waals surface area (Å²) in [6, 6.07) is 5.53. The third kappa shape index (κ3) is 1.87. The average molecular weight is 250 g/mol. The lowest BCUT2D eigenvalue weighted by Gasteiger charge is -2.11. The van der Waals surface area contributed by atoms with Crippen LogP contribution in [0.25, 0.3) is 10.8 Å². The van der Waals surface area contributed by atoms with Crippen LogP contribution in [0.4, 0.5) is 0 Å². The van der Waals surface area contributed by atoms with Gasteiger partial charge in [-0.2, -0.15) is 0 Å². The number of aryl methyl sites for hydroxylation is 1. The fraction of sp³-hybridized carbons (Fsp3) is 0.231. The number of aromatic nitrogens is 1. The second kappa shape index (κ2) is 4.34. The fourth-order valence-corrected chi connectivity index (χ4v) is 2.08. The molecule has 3 nitrogen and oxygen atoms in total. The predicted octanol–water partition coefficient (Wildman–Crippen LogP) is 3.41. The van der Waals surface area contributed by atoms with Crippen LogP contribution >= 0.6 is 11.6 Å². The zero-order chi connectivity index (χ0) is 12.6. The highest BCUT2D eigenvalue weighted by Crippen LogP contribution is 2.33. The maximum Gasteiger partial charge on any atom is 0.178 e. The van der Waals surface area contributed by atoms with Gasteiger partial charge in [-0.15, -0.1) is 0 Å². The van der Waals surface area contributed by atoms with Crippen molar-refractivity contribution in [2.24, 2.45) is 0 Å². The molecule has 0 spiro atoms.